The lowest BCUT2D eigenvalue weighted by Gasteiger charge is -2.20. The van der Waals surface area contributed by atoms with Crippen LogP contribution in [0.25, 0.3) is 0 Å². The third kappa shape index (κ3) is 3.19. The Morgan fingerprint density at radius 3 is 2.44 bits per heavy atom. The summed E-state index contributed by atoms with van der Waals surface area (Å²) in [5.41, 5.74) is -1.29. The molecule has 0 aromatic heterocycles. The van der Waals surface area contributed by atoms with Crippen LogP contribution in [0.4, 0.5) is 0 Å². The second-order valence-corrected chi connectivity index (χ2v) is 4.39. The number of amides is 2. The molecule has 1 fully saturated rings. The van der Waals surface area contributed by atoms with Gasteiger partial charge in [0, 0.05) is 20.7 Å². The van der Waals surface area contributed by atoms with Gasteiger partial charge in [-0.3, -0.25) is 14.4 Å². The Kier molecular flexibility index (Phi) is 4.66. The maximum absolute atomic E-state index is 11.9. The minimum absolute atomic E-state index is 0.141. The van der Waals surface area contributed by atoms with Crippen LogP contribution in [0.3, 0.4) is 0 Å². The molecule has 0 radical (unpaired) electrons. The summed E-state index contributed by atoms with van der Waals surface area (Å²) in [5, 5.41) is 11.5. The molecule has 1 aliphatic carbocycles. The highest BCUT2D eigenvalue weighted by molar-refractivity contribution is 6.05. The minimum atomic E-state index is -1.29. The number of aliphatic carboxylic acids is 1. The lowest BCUT2D eigenvalue weighted by atomic mass is 10.1. The predicted molar refractivity (Wildman–Crippen MR) is 61.8 cm³/mol. The number of ether oxygens (including phenoxy) is 1. The van der Waals surface area contributed by atoms with Crippen LogP contribution in [0.1, 0.15) is 12.8 Å². The fourth-order valence-electron chi connectivity index (χ4n) is 1.65. The molecule has 0 unspecified atom stereocenters. The SMILES string of the molecule is COCCNC(=O)CN(C)C(=O)C1(C(=O)O)CC1. The smallest absolute Gasteiger partial charge is 0.319 e. The summed E-state index contributed by atoms with van der Waals surface area (Å²) < 4.78 is 4.77. The molecular formula is C11H18N2O5. The monoisotopic (exact) mass is 258 g/mol. The molecule has 0 atom stereocenters. The Bertz CT molecular complexity index is 351. The predicted octanol–water partition coefficient (Wildman–Crippen LogP) is -0.928. The molecule has 1 aliphatic rings. The van der Waals surface area contributed by atoms with Crippen molar-refractivity contribution in [1.82, 2.24) is 10.2 Å². The number of carboxylic acids is 1. The maximum Gasteiger partial charge on any atom is 0.319 e. The summed E-state index contributed by atoms with van der Waals surface area (Å²) in [5.74, 6) is -1.94. The molecule has 2 amide bonds. The van der Waals surface area contributed by atoms with Crippen molar-refractivity contribution in [1.29, 1.82) is 0 Å². The molecule has 0 spiro atoms. The lowest BCUT2D eigenvalue weighted by molar-refractivity contribution is -0.153. The van der Waals surface area contributed by atoms with Gasteiger partial charge >= 0.3 is 5.97 Å². The zero-order valence-electron chi connectivity index (χ0n) is 10.6. The standard InChI is InChI=1S/C11H18N2O5/c1-13(7-8(14)12-5-6-18-2)9(15)11(3-4-11)10(16)17/h3-7H2,1-2H3,(H,12,14)(H,16,17). The van der Waals surface area contributed by atoms with Crippen LogP contribution in [-0.4, -0.2) is 61.6 Å². The Labute approximate surface area is 105 Å². The Morgan fingerprint density at radius 2 is 2.00 bits per heavy atom. The summed E-state index contributed by atoms with van der Waals surface area (Å²) in [6.07, 6.45) is 0.688. The topological polar surface area (TPSA) is 95.9 Å². The van der Waals surface area contributed by atoms with Crippen molar-refractivity contribution in [2.24, 2.45) is 5.41 Å². The first-order chi connectivity index (χ1) is 8.44. The molecule has 2 N–H and O–H groups in total. The van der Waals surface area contributed by atoms with E-state index in [2.05, 4.69) is 5.32 Å². The Morgan fingerprint density at radius 1 is 1.39 bits per heavy atom. The van der Waals surface area contributed by atoms with Crippen molar-refractivity contribution in [2.45, 2.75) is 12.8 Å². The van der Waals surface area contributed by atoms with Crippen LogP contribution in [0.15, 0.2) is 0 Å². The van der Waals surface area contributed by atoms with Gasteiger partial charge in [0.15, 0.2) is 0 Å². The van der Waals surface area contributed by atoms with Gasteiger partial charge in [-0.1, -0.05) is 0 Å². The first kappa shape index (κ1) is 14.4. The van der Waals surface area contributed by atoms with E-state index in [0.717, 1.165) is 4.90 Å². The van der Waals surface area contributed by atoms with Gasteiger partial charge in [0.25, 0.3) is 0 Å². The molecule has 1 saturated carbocycles. The number of hydrogen-bond donors (Lipinski definition) is 2. The van der Waals surface area contributed by atoms with Crippen molar-refractivity contribution in [2.75, 3.05) is 33.9 Å². The molecule has 0 aromatic rings. The average molecular weight is 258 g/mol. The van der Waals surface area contributed by atoms with E-state index in [1.54, 1.807) is 0 Å². The Hall–Kier alpha value is -1.63. The van der Waals surface area contributed by atoms with E-state index < -0.39 is 17.3 Å². The van der Waals surface area contributed by atoms with E-state index >= 15 is 0 Å². The largest absolute Gasteiger partial charge is 0.480 e. The normalized spacial score (nSPS) is 15.9. The fraction of sp³-hybridized carbons (Fsp3) is 0.727. The number of methoxy groups -OCH3 is 1. The van der Waals surface area contributed by atoms with E-state index in [0.29, 0.717) is 26.0 Å². The van der Waals surface area contributed by atoms with Crippen molar-refractivity contribution in [3.05, 3.63) is 0 Å². The average Bonchev–Trinajstić information content (AvgIpc) is 3.09. The number of nitrogens with one attached hydrogen (secondary N) is 1. The number of carbonyl (C=O) groups excluding carboxylic acids is 2. The highest BCUT2D eigenvalue weighted by Crippen LogP contribution is 2.47. The molecule has 18 heavy (non-hydrogen) atoms. The van der Waals surface area contributed by atoms with Crippen molar-refractivity contribution in [3.63, 3.8) is 0 Å². The van der Waals surface area contributed by atoms with Crippen LogP contribution in [-0.2, 0) is 19.1 Å². The van der Waals surface area contributed by atoms with Crippen LogP contribution in [0, 0.1) is 5.41 Å². The highest BCUT2D eigenvalue weighted by Gasteiger charge is 2.58. The molecule has 7 heteroatoms. The van der Waals surface area contributed by atoms with E-state index in [4.69, 9.17) is 9.84 Å². The van der Waals surface area contributed by atoms with Gasteiger partial charge in [-0.05, 0) is 12.8 Å². The van der Waals surface area contributed by atoms with Crippen LogP contribution >= 0.6 is 0 Å². The van der Waals surface area contributed by atoms with Crippen molar-refractivity contribution >= 4 is 17.8 Å². The summed E-state index contributed by atoms with van der Waals surface area (Å²) in [7, 11) is 2.95. The van der Waals surface area contributed by atoms with Gasteiger partial charge in [-0.2, -0.15) is 0 Å². The second-order valence-electron chi connectivity index (χ2n) is 4.39. The number of rotatable bonds is 7. The van der Waals surface area contributed by atoms with E-state index in [-0.39, 0.29) is 12.5 Å². The second kappa shape index (κ2) is 5.81. The molecule has 0 aliphatic heterocycles. The van der Waals surface area contributed by atoms with E-state index in [1.165, 1.54) is 14.2 Å². The van der Waals surface area contributed by atoms with Gasteiger partial charge in [0.2, 0.25) is 11.8 Å². The fourth-order valence-corrected chi connectivity index (χ4v) is 1.65. The zero-order valence-corrected chi connectivity index (χ0v) is 10.6. The Balaban J connectivity index is 2.41. The van der Waals surface area contributed by atoms with Gasteiger partial charge in [0.05, 0.1) is 13.2 Å². The summed E-state index contributed by atoms with van der Waals surface area (Å²) in [4.78, 5) is 35.4. The molecule has 0 bridgehead atoms. The molecule has 0 heterocycles. The lowest BCUT2D eigenvalue weighted by Crippen LogP contribution is -2.44. The van der Waals surface area contributed by atoms with Crippen LogP contribution in [0.5, 0.6) is 0 Å². The van der Waals surface area contributed by atoms with Crippen LogP contribution < -0.4 is 5.32 Å². The molecule has 7 nitrogen and oxygen atoms in total. The molecule has 0 aromatic carbocycles. The van der Waals surface area contributed by atoms with Gasteiger partial charge < -0.3 is 20.1 Å². The number of carbonyl (C=O) groups is 3. The molecule has 0 saturated heterocycles. The third-order valence-electron chi connectivity index (χ3n) is 2.92. The van der Waals surface area contributed by atoms with Crippen molar-refractivity contribution < 1.29 is 24.2 Å². The number of hydrogen-bond acceptors (Lipinski definition) is 4. The maximum atomic E-state index is 11.9. The van der Waals surface area contributed by atoms with Gasteiger partial charge in [-0.25, -0.2) is 0 Å². The number of carboxylic acid groups (broad SMARTS) is 1. The van der Waals surface area contributed by atoms with Crippen LogP contribution in [0.2, 0.25) is 0 Å². The number of likely N-dealkylation sites (N-methyl/N-ethyl adjacent to an activating group) is 1. The van der Waals surface area contributed by atoms with E-state index in [1.807, 2.05) is 0 Å². The molecular weight excluding hydrogens is 240 g/mol. The third-order valence-corrected chi connectivity index (χ3v) is 2.92. The first-order valence-electron chi connectivity index (χ1n) is 5.68. The summed E-state index contributed by atoms with van der Waals surface area (Å²) in [6.45, 7) is 0.613. The first-order valence-corrected chi connectivity index (χ1v) is 5.68. The minimum Gasteiger partial charge on any atom is -0.480 e. The number of nitrogens with zero attached hydrogens (tertiary/aromatic N) is 1. The van der Waals surface area contributed by atoms with Crippen molar-refractivity contribution in [3.8, 4) is 0 Å². The van der Waals surface area contributed by atoms with Gasteiger partial charge in [-0.15, -0.1) is 0 Å². The van der Waals surface area contributed by atoms with E-state index in [9.17, 15) is 14.4 Å². The quantitative estimate of drug-likeness (QED) is 0.454. The molecule has 1 rings (SSSR count). The summed E-state index contributed by atoms with van der Waals surface area (Å²) >= 11 is 0. The highest BCUT2D eigenvalue weighted by atomic mass is 16.5. The molecule has 102 valence electrons. The summed E-state index contributed by atoms with van der Waals surface area (Å²) in [6, 6.07) is 0. The van der Waals surface area contributed by atoms with Gasteiger partial charge in [0.1, 0.15) is 5.41 Å². The zero-order chi connectivity index (χ0) is 13.8.